The molecule has 0 spiro atoms. The van der Waals surface area contributed by atoms with Crippen LogP contribution >= 0.6 is 0 Å². The Hall–Kier alpha value is -1.36. The summed E-state index contributed by atoms with van der Waals surface area (Å²) in [5.41, 5.74) is 0. The molecule has 1 amide bonds. The van der Waals surface area contributed by atoms with Crippen LogP contribution in [0.5, 0.6) is 0 Å². The molecule has 5 heteroatoms. The number of likely N-dealkylation sites (N-methyl/N-ethyl adjacent to an activating group) is 1. The fourth-order valence-electron chi connectivity index (χ4n) is 2.44. The number of carbonyl (C=O) groups excluding carboxylic acids is 1. The van der Waals surface area contributed by atoms with Crippen molar-refractivity contribution in [1.29, 1.82) is 0 Å². The highest BCUT2D eigenvalue weighted by Crippen LogP contribution is 2.15. The topological polar surface area (TPSA) is 41.4 Å². The zero-order chi connectivity index (χ0) is 13.1. The van der Waals surface area contributed by atoms with E-state index in [1.807, 2.05) is 18.1 Å². The van der Waals surface area contributed by atoms with E-state index in [-0.39, 0.29) is 5.91 Å². The largest absolute Gasteiger partial charge is 0.334 e. The van der Waals surface area contributed by atoms with Gasteiger partial charge in [0.1, 0.15) is 0 Å². The van der Waals surface area contributed by atoms with Gasteiger partial charge in [0.2, 0.25) is 0 Å². The average Bonchev–Trinajstić information content (AvgIpc) is 2.63. The summed E-state index contributed by atoms with van der Waals surface area (Å²) in [7, 11) is 6.03. The van der Waals surface area contributed by atoms with Crippen molar-refractivity contribution in [2.75, 3.05) is 27.2 Å². The second kappa shape index (κ2) is 5.52. The fraction of sp³-hybridized carbons (Fsp3) is 0.692. The quantitative estimate of drug-likeness (QED) is 0.785. The Labute approximate surface area is 108 Å². The highest BCUT2D eigenvalue weighted by atomic mass is 16.2. The van der Waals surface area contributed by atoms with Crippen LogP contribution in [0, 0.1) is 0 Å². The van der Waals surface area contributed by atoms with Gasteiger partial charge in [-0.2, -0.15) is 0 Å². The third kappa shape index (κ3) is 2.72. The van der Waals surface area contributed by atoms with Crippen LogP contribution in [-0.2, 0) is 7.05 Å². The molecular formula is C13H22N4O. The van der Waals surface area contributed by atoms with Gasteiger partial charge in [-0.1, -0.05) is 6.42 Å². The number of aryl methyl sites for hydroxylation is 1. The SMILES string of the molecule is CN(C)C1CCCCN(C(=O)c2nccn2C)C1. The zero-order valence-corrected chi connectivity index (χ0v) is 11.5. The lowest BCUT2D eigenvalue weighted by Gasteiger charge is -2.28. The standard InChI is InChI=1S/C13H22N4O/c1-15(2)11-6-4-5-8-17(10-11)13(18)12-14-7-9-16(12)3/h7,9,11H,4-6,8,10H2,1-3H3. The molecule has 1 saturated heterocycles. The van der Waals surface area contributed by atoms with Gasteiger partial charge in [-0.05, 0) is 26.9 Å². The van der Waals surface area contributed by atoms with Gasteiger partial charge in [0.25, 0.3) is 5.91 Å². The molecular weight excluding hydrogens is 228 g/mol. The minimum atomic E-state index is 0.0521. The van der Waals surface area contributed by atoms with Crippen molar-refractivity contribution in [3.8, 4) is 0 Å². The molecule has 0 N–H and O–H groups in total. The monoisotopic (exact) mass is 250 g/mol. The third-order valence-electron chi connectivity index (χ3n) is 3.68. The number of aromatic nitrogens is 2. The van der Waals surface area contributed by atoms with Gasteiger partial charge in [-0.15, -0.1) is 0 Å². The van der Waals surface area contributed by atoms with Gasteiger partial charge in [-0.3, -0.25) is 4.79 Å². The Balaban J connectivity index is 2.11. The van der Waals surface area contributed by atoms with Gasteiger partial charge in [0, 0.05) is 38.6 Å². The molecule has 1 unspecified atom stereocenters. The first-order valence-corrected chi connectivity index (χ1v) is 6.52. The minimum Gasteiger partial charge on any atom is -0.334 e. The maximum absolute atomic E-state index is 12.4. The number of carbonyl (C=O) groups is 1. The lowest BCUT2D eigenvalue weighted by atomic mass is 10.1. The Bertz CT molecular complexity index is 413. The van der Waals surface area contributed by atoms with Gasteiger partial charge >= 0.3 is 0 Å². The predicted octanol–water partition coefficient (Wildman–Crippen LogP) is 0.976. The molecule has 0 aliphatic carbocycles. The Morgan fingerprint density at radius 1 is 1.44 bits per heavy atom. The summed E-state index contributed by atoms with van der Waals surface area (Å²) >= 11 is 0. The van der Waals surface area contributed by atoms with Gasteiger partial charge in [-0.25, -0.2) is 4.98 Å². The maximum Gasteiger partial charge on any atom is 0.289 e. The van der Waals surface area contributed by atoms with E-state index < -0.39 is 0 Å². The number of likely N-dealkylation sites (tertiary alicyclic amines) is 1. The molecule has 0 saturated carbocycles. The summed E-state index contributed by atoms with van der Waals surface area (Å²) in [4.78, 5) is 20.7. The van der Waals surface area contributed by atoms with E-state index in [4.69, 9.17) is 0 Å². The van der Waals surface area contributed by atoms with Gasteiger partial charge in [0.05, 0.1) is 0 Å². The van der Waals surface area contributed by atoms with E-state index in [1.165, 1.54) is 6.42 Å². The van der Waals surface area contributed by atoms with Crippen molar-refractivity contribution in [3.63, 3.8) is 0 Å². The molecule has 1 aromatic rings. The van der Waals surface area contributed by atoms with Crippen molar-refractivity contribution in [2.45, 2.75) is 25.3 Å². The molecule has 0 aromatic carbocycles. The van der Waals surface area contributed by atoms with Crippen molar-refractivity contribution in [3.05, 3.63) is 18.2 Å². The number of hydrogen-bond donors (Lipinski definition) is 0. The van der Waals surface area contributed by atoms with E-state index >= 15 is 0 Å². The Kier molecular flexibility index (Phi) is 4.01. The second-order valence-corrected chi connectivity index (χ2v) is 5.23. The molecule has 1 aliphatic rings. The smallest absolute Gasteiger partial charge is 0.289 e. The van der Waals surface area contributed by atoms with E-state index in [0.717, 1.165) is 25.9 Å². The number of hydrogen-bond acceptors (Lipinski definition) is 3. The van der Waals surface area contributed by atoms with E-state index in [2.05, 4.69) is 24.0 Å². The summed E-state index contributed by atoms with van der Waals surface area (Å²) in [5, 5.41) is 0. The molecule has 1 fully saturated rings. The molecule has 100 valence electrons. The molecule has 0 bridgehead atoms. The summed E-state index contributed by atoms with van der Waals surface area (Å²) in [6.45, 7) is 1.65. The van der Waals surface area contributed by atoms with Crippen LogP contribution in [0.25, 0.3) is 0 Å². The molecule has 2 heterocycles. The van der Waals surface area contributed by atoms with E-state index in [0.29, 0.717) is 11.9 Å². The first-order chi connectivity index (χ1) is 8.59. The minimum absolute atomic E-state index is 0.0521. The summed E-state index contributed by atoms with van der Waals surface area (Å²) < 4.78 is 1.79. The number of amides is 1. The normalized spacial score (nSPS) is 21.1. The summed E-state index contributed by atoms with van der Waals surface area (Å²) in [5.74, 6) is 0.589. The molecule has 1 atom stereocenters. The Morgan fingerprint density at radius 2 is 2.22 bits per heavy atom. The number of nitrogens with zero attached hydrogens (tertiary/aromatic N) is 4. The van der Waals surface area contributed by atoms with Crippen molar-refractivity contribution in [2.24, 2.45) is 7.05 Å². The van der Waals surface area contributed by atoms with Gasteiger partial charge < -0.3 is 14.4 Å². The predicted molar refractivity (Wildman–Crippen MR) is 70.4 cm³/mol. The molecule has 0 radical (unpaired) electrons. The lowest BCUT2D eigenvalue weighted by Crippen LogP contribution is -2.42. The third-order valence-corrected chi connectivity index (χ3v) is 3.68. The maximum atomic E-state index is 12.4. The molecule has 5 nitrogen and oxygen atoms in total. The van der Waals surface area contributed by atoms with Crippen LogP contribution in [0.2, 0.25) is 0 Å². The van der Waals surface area contributed by atoms with E-state index in [9.17, 15) is 4.79 Å². The van der Waals surface area contributed by atoms with Crippen molar-refractivity contribution >= 4 is 5.91 Å². The summed E-state index contributed by atoms with van der Waals surface area (Å²) in [6, 6.07) is 0.455. The van der Waals surface area contributed by atoms with Crippen LogP contribution in [0.15, 0.2) is 12.4 Å². The molecule has 1 aliphatic heterocycles. The first-order valence-electron chi connectivity index (χ1n) is 6.52. The van der Waals surface area contributed by atoms with Crippen molar-refractivity contribution in [1.82, 2.24) is 19.4 Å². The fourth-order valence-corrected chi connectivity index (χ4v) is 2.44. The second-order valence-electron chi connectivity index (χ2n) is 5.23. The lowest BCUT2D eigenvalue weighted by molar-refractivity contribution is 0.0709. The molecule has 18 heavy (non-hydrogen) atoms. The number of rotatable bonds is 2. The average molecular weight is 250 g/mol. The van der Waals surface area contributed by atoms with Crippen LogP contribution < -0.4 is 0 Å². The Morgan fingerprint density at radius 3 is 2.83 bits per heavy atom. The summed E-state index contributed by atoms with van der Waals surface area (Å²) in [6.07, 6.45) is 6.92. The molecule has 1 aromatic heterocycles. The van der Waals surface area contributed by atoms with Crippen LogP contribution in [0.3, 0.4) is 0 Å². The van der Waals surface area contributed by atoms with Crippen LogP contribution in [-0.4, -0.2) is 58.5 Å². The number of imidazole rings is 1. The van der Waals surface area contributed by atoms with Gasteiger partial charge in [0.15, 0.2) is 5.82 Å². The van der Waals surface area contributed by atoms with E-state index in [1.54, 1.807) is 10.8 Å². The molecule has 2 rings (SSSR count). The zero-order valence-electron chi connectivity index (χ0n) is 11.5. The highest BCUT2D eigenvalue weighted by molar-refractivity contribution is 5.90. The van der Waals surface area contributed by atoms with Crippen LogP contribution in [0.1, 0.15) is 29.9 Å². The van der Waals surface area contributed by atoms with Crippen molar-refractivity contribution < 1.29 is 4.79 Å². The van der Waals surface area contributed by atoms with Crippen LogP contribution in [0.4, 0.5) is 0 Å². The highest BCUT2D eigenvalue weighted by Gasteiger charge is 2.25. The first kappa shape index (κ1) is 13.1.